The summed E-state index contributed by atoms with van der Waals surface area (Å²) in [4.78, 5) is 0.241. The number of rotatable bonds is 5. The number of hydrogen-bond acceptors (Lipinski definition) is 2. The third kappa shape index (κ3) is 5.02. The van der Waals surface area contributed by atoms with E-state index in [1.54, 1.807) is 12.1 Å². The fourth-order valence-corrected chi connectivity index (χ4v) is 3.25. The summed E-state index contributed by atoms with van der Waals surface area (Å²) >= 11 is -0.0662. The molecule has 1 aromatic carbocycles. The van der Waals surface area contributed by atoms with Crippen molar-refractivity contribution in [1.82, 2.24) is 5.32 Å². The molecule has 20 heavy (non-hydrogen) atoms. The van der Waals surface area contributed by atoms with Crippen LogP contribution in [0.5, 0.6) is 0 Å². The van der Waals surface area contributed by atoms with Gasteiger partial charge in [-0.3, -0.25) is 0 Å². The first-order valence-electron chi connectivity index (χ1n) is 7.02. The highest BCUT2D eigenvalue weighted by atomic mass is 32.2. The lowest BCUT2D eigenvalue weighted by Gasteiger charge is -2.20. The molecule has 0 amide bonds. The van der Waals surface area contributed by atoms with E-state index in [-0.39, 0.29) is 16.7 Å². The van der Waals surface area contributed by atoms with Gasteiger partial charge in [-0.05, 0) is 55.1 Å². The fraction of sp³-hybridized carbons (Fsp3) is 0.600. The fourth-order valence-electron chi connectivity index (χ4n) is 2.71. The Balaban J connectivity index is 1.81. The second-order valence-corrected chi connectivity index (χ2v) is 6.54. The molecule has 1 aromatic rings. The zero-order valence-corrected chi connectivity index (χ0v) is 12.4. The van der Waals surface area contributed by atoms with Crippen molar-refractivity contribution in [1.29, 1.82) is 0 Å². The SMILES string of the molecule is CC(NCc1ccc(SC(F)(F)F)cc1)C1CCCC1. The van der Waals surface area contributed by atoms with E-state index in [1.165, 1.54) is 37.8 Å². The normalized spacial score (nSPS) is 18.4. The van der Waals surface area contributed by atoms with Crippen LogP contribution >= 0.6 is 11.8 Å². The standard InChI is InChI=1S/C15H20F3NS/c1-11(13-4-2-3-5-13)19-10-12-6-8-14(9-7-12)20-15(16,17)18/h6-9,11,13,19H,2-5,10H2,1H3. The highest BCUT2D eigenvalue weighted by molar-refractivity contribution is 8.00. The van der Waals surface area contributed by atoms with Crippen LogP contribution in [0.4, 0.5) is 13.2 Å². The van der Waals surface area contributed by atoms with E-state index >= 15 is 0 Å². The number of thioether (sulfide) groups is 1. The summed E-state index contributed by atoms with van der Waals surface area (Å²) in [6.07, 6.45) is 5.21. The van der Waals surface area contributed by atoms with Gasteiger partial charge >= 0.3 is 5.51 Å². The number of nitrogens with one attached hydrogen (secondary N) is 1. The Kier molecular flexibility index (Phi) is 5.38. The van der Waals surface area contributed by atoms with Crippen LogP contribution in [-0.4, -0.2) is 11.6 Å². The second kappa shape index (κ2) is 6.85. The molecule has 1 fully saturated rings. The van der Waals surface area contributed by atoms with E-state index in [9.17, 15) is 13.2 Å². The maximum absolute atomic E-state index is 12.2. The Hall–Kier alpha value is -0.680. The van der Waals surface area contributed by atoms with Gasteiger partial charge in [0.1, 0.15) is 0 Å². The number of alkyl halides is 3. The molecule has 0 heterocycles. The van der Waals surface area contributed by atoms with Gasteiger partial charge in [-0.15, -0.1) is 0 Å². The average molecular weight is 303 g/mol. The molecule has 1 N–H and O–H groups in total. The van der Waals surface area contributed by atoms with Crippen LogP contribution < -0.4 is 5.32 Å². The van der Waals surface area contributed by atoms with Gasteiger partial charge in [0.15, 0.2) is 0 Å². The van der Waals surface area contributed by atoms with Gasteiger partial charge in [-0.1, -0.05) is 25.0 Å². The summed E-state index contributed by atoms with van der Waals surface area (Å²) in [5, 5.41) is 3.48. The lowest BCUT2D eigenvalue weighted by molar-refractivity contribution is -0.0328. The number of halogens is 3. The Labute approximate surface area is 122 Å². The molecule has 0 bridgehead atoms. The van der Waals surface area contributed by atoms with Crippen LogP contribution in [0.1, 0.15) is 38.2 Å². The van der Waals surface area contributed by atoms with Crippen molar-refractivity contribution in [2.45, 2.75) is 55.6 Å². The largest absolute Gasteiger partial charge is 0.446 e. The van der Waals surface area contributed by atoms with Crippen molar-refractivity contribution in [3.05, 3.63) is 29.8 Å². The van der Waals surface area contributed by atoms with Gasteiger partial charge in [0.05, 0.1) is 0 Å². The molecule has 1 nitrogen and oxygen atoms in total. The molecule has 112 valence electrons. The lowest BCUT2D eigenvalue weighted by atomic mass is 9.99. The van der Waals surface area contributed by atoms with Crippen molar-refractivity contribution in [2.75, 3.05) is 0 Å². The topological polar surface area (TPSA) is 12.0 Å². The summed E-state index contributed by atoms with van der Waals surface area (Å²) in [7, 11) is 0. The highest BCUT2D eigenvalue weighted by Gasteiger charge is 2.29. The Morgan fingerprint density at radius 2 is 1.80 bits per heavy atom. The summed E-state index contributed by atoms with van der Waals surface area (Å²) in [5.74, 6) is 0.745. The van der Waals surface area contributed by atoms with Gasteiger partial charge in [-0.2, -0.15) is 13.2 Å². The van der Waals surface area contributed by atoms with E-state index in [2.05, 4.69) is 12.2 Å². The molecule has 1 saturated carbocycles. The van der Waals surface area contributed by atoms with E-state index in [1.807, 2.05) is 0 Å². The molecule has 0 aromatic heterocycles. The van der Waals surface area contributed by atoms with Crippen molar-refractivity contribution in [2.24, 2.45) is 5.92 Å². The van der Waals surface area contributed by atoms with Crippen LogP contribution in [0.15, 0.2) is 29.2 Å². The summed E-state index contributed by atoms with van der Waals surface area (Å²) in [5.41, 5.74) is -3.18. The quantitative estimate of drug-likeness (QED) is 0.771. The third-order valence-electron chi connectivity index (χ3n) is 3.89. The van der Waals surface area contributed by atoms with Crippen molar-refractivity contribution >= 4 is 11.8 Å². The number of benzene rings is 1. The van der Waals surface area contributed by atoms with Crippen LogP contribution in [-0.2, 0) is 6.54 Å². The Morgan fingerprint density at radius 1 is 1.20 bits per heavy atom. The zero-order valence-electron chi connectivity index (χ0n) is 11.5. The van der Waals surface area contributed by atoms with E-state index in [0.29, 0.717) is 12.6 Å². The summed E-state index contributed by atoms with van der Waals surface area (Å²) in [6, 6.07) is 7.08. The molecular formula is C15H20F3NS. The predicted octanol–water partition coefficient (Wildman–Crippen LogP) is 4.97. The second-order valence-electron chi connectivity index (χ2n) is 5.41. The predicted molar refractivity (Wildman–Crippen MR) is 76.6 cm³/mol. The summed E-state index contributed by atoms with van der Waals surface area (Å²) in [6.45, 7) is 2.92. The molecule has 1 aliphatic rings. The molecule has 5 heteroatoms. The molecule has 0 saturated heterocycles. The van der Waals surface area contributed by atoms with Gasteiger partial charge in [-0.25, -0.2) is 0 Å². The molecule has 0 radical (unpaired) electrons. The molecule has 0 aliphatic heterocycles. The molecule has 1 aliphatic carbocycles. The van der Waals surface area contributed by atoms with Crippen molar-refractivity contribution < 1.29 is 13.2 Å². The first-order chi connectivity index (χ1) is 9.44. The minimum absolute atomic E-state index is 0.0662. The van der Waals surface area contributed by atoms with Gasteiger partial charge < -0.3 is 5.32 Å². The van der Waals surface area contributed by atoms with Gasteiger partial charge in [0, 0.05) is 17.5 Å². The molecule has 0 spiro atoms. The maximum Gasteiger partial charge on any atom is 0.446 e. The van der Waals surface area contributed by atoms with E-state index in [4.69, 9.17) is 0 Å². The lowest BCUT2D eigenvalue weighted by Crippen LogP contribution is -2.31. The van der Waals surface area contributed by atoms with Gasteiger partial charge in [0.25, 0.3) is 0 Å². The molecule has 1 unspecified atom stereocenters. The van der Waals surface area contributed by atoms with Crippen LogP contribution in [0.2, 0.25) is 0 Å². The first kappa shape index (κ1) is 15.7. The minimum Gasteiger partial charge on any atom is -0.310 e. The van der Waals surface area contributed by atoms with Crippen LogP contribution in [0, 0.1) is 5.92 Å². The highest BCUT2D eigenvalue weighted by Crippen LogP contribution is 2.36. The smallest absolute Gasteiger partial charge is 0.310 e. The van der Waals surface area contributed by atoms with Crippen LogP contribution in [0.25, 0.3) is 0 Å². The average Bonchev–Trinajstić information content (AvgIpc) is 2.89. The van der Waals surface area contributed by atoms with E-state index in [0.717, 1.165) is 11.5 Å². The molecule has 2 rings (SSSR count). The first-order valence-corrected chi connectivity index (χ1v) is 7.84. The van der Waals surface area contributed by atoms with E-state index < -0.39 is 5.51 Å². The third-order valence-corrected chi connectivity index (χ3v) is 4.63. The molecular weight excluding hydrogens is 283 g/mol. The van der Waals surface area contributed by atoms with Crippen LogP contribution in [0.3, 0.4) is 0 Å². The van der Waals surface area contributed by atoms with Crippen molar-refractivity contribution in [3.8, 4) is 0 Å². The monoisotopic (exact) mass is 303 g/mol. The Bertz CT molecular complexity index is 410. The minimum atomic E-state index is -4.21. The van der Waals surface area contributed by atoms with Gasteiger partial charge in [0.2, 0.25) is 0 Å². The maximum atomic E-state index is 12.2. The number of hydrogen-bond donors (Lipinski definition) is 1. The molecule has 1 atom stereocenters. The Morgan fingerprint density at radius 3 is 2.35 bits per heavy atom. The van der Waals surface area contributed by atoms with Crippen molar-refractivity contribution in [3.63, 3.8) is 0 Å². The zero-order chi connectivity index (χ0) is 14.6. The summed E-state index contributed by atoms with van der Waals surface area (Å²) < 4.78 is 36.7.